The Hall–Kier alpha value is -1.12. The lowest BCUT2D eigenvalue weighted by molar-refractivity contribution is -0.140. The van der Waals surface area contributed by atoms with Crippen LogP contribution in [0.4, 0.5) is 0 Å². The van der Waals surface area contributed by atoms with Crippen LogP contribution in [0.2, 0.25) is 0 Å². The SMILES string of the molecule is CCCC(CC)CN1C(=O)C(C)C(C2C=C2)C1=O. The maximum absolute atomic E-state index is 12.3. The minimum absolute atomic E-state index is 0.0354. The van der Waals surface area contributed by atoms with Crippen LogP contribution in [0.5, 0.6) is 0 Å². The average Bonchev–Trinajstić information content (AvgIpc) is 3.14. The number of rotatable bonds is 6. The highest BCUT2D eigenvalue weighted by Gasteiger charge is 2.49. The highest BCUT2D eigenvalue weighted by atomic mass is 16.2. The summed E-state index contributed by atoms with van der Waals surface area (Å²) in [5.74, 6) is 0.535. The number of imide groups is 1. The van der Waals surface area contributed by atoms with Crippen LogP contribution in [0.1, 0.15) is 40.0 Å². The lowest BCUT2D eigenvalue weighted by atomic mass is 9.91. The van der Waals surface area contributed by atoms with Crippen molar-refractivity contribution in [1.82, 2.24) is 4.90 Å². The molecule has 3 unspecified atom stereocenters. The van der Waals surface area contributed by atoms with E-state index < -0.39 is 0 Å². The molecule has 1 saturated heterocycles. The zero-order valence-corrected chi connectivity index (χ0v) is 11.6. The molecule has 3 atom stereocenters. The first-order valence-corrected chi connectivity index (χ1v) is 7.13. The summed E-state index contributed by atoms with van der Waals surface area (Å²) in [6.07, 6.45) is 7.29. The summed E-state index contributed by atoms with van der Waals surface area (Å²) in [6, 6.07) is 0. The second kappa shape index (κ2) is 5.25. The molecular formula is C15H23NO2. The van der Waals surface area contributed by atoms with Crippen molar-refractivity contribution < 1.29 is 9.59 Å². The lowest BCUT2D eigenvalue weighted by Crippen LogP contribution is -2.35. The molecule has 2 aliphatic rings. The summed E-state index contributed by atoms with van der Waals surface area (Å²) < 4.78 is 0. The molecule has 3 nitrogen and oxygen atoms in total. The summed E-state index contributed by atoms with van der Waals surface area (Å²) >= 11 is 0. The van der Waals surface area contributed by atoms with Gasteiger partial charge in [0.2, 0.25) is 11.8 Å². The number of hydrogen-bond donors (Lipinski definition) is 0. The zero-order chi connectivity index (χ0) is 13.3. The molecule has 2 rings (SSSR count). The molecule has 1 aliphatic heterocycles. The van der Waals surface area contributed by atoms with Crippen molar-refractivity contribution in [3.05, 3.63) is 12.2 Å². The fourth-order valence-electron chi connectivity index (χ4n) is 2.97. The third kappa shape index (κ3) is 2.36. The van der Waals surface area contributed by atoms with Gasteiger partial charge < -0.3 is 0 Å². The van der Waals surface area contributed by atoms with Gasteiger partial charge in [0, 0.05) is 18.4 Å². The topological polar surface area (TPSA) is 37.4 Å². The second-order valence-corrected chi connectivity index (χ2v) is 5.63. The molecule has 1 aliphatic carbocycles. The minimum atomic E-state index is -0.142. The Morgan fingerprint density at radius 3 is 2.39 bits per heavy atom. The first kappa shape index (κ1) is 13.3. The van der Waals surface area contributed by atoms with Gasteiger partial charge in [0.15, 0.2) is 0 Å². The molecule has 0 aromatic heterocycles. The van der Waals surface area contributed by atoms with Gasteiger partial charge in [-0.1, -0.05) is 45.8 Å². The molecule has 3 heteroatoms. The third-order valence-electron chi connectivity index (χ3n) is 4.29. The van der Waals surface area contributed by atoms with Gasteiger partial charge in [-0.3, -0.25) is 14.5 Å². The number of carbonyl (C=O) groups is 2. The van der Waals surface area contributed by atoms with Crippen LogP contribution in [-0.4, -0.2) is 23.3 Å². The van der Waals surface area contributed by atoms with E-state index in [-0.39, 0.29) is 29.6 Å². The van der Waals surface area contributed by atoms with Crippen molar-refractivity contribution in [3.63, 3.8) is 0 Å². The van der Waals surface area contributed by atoms with Gasteiger partial charge in [-0.15, -0.1) is 0 Å². The highest BCUT2D eigenvalue weighted by Crippen LogP contribution is 2.39. The number of likely N-dealkylation sites (tertiary alicyclic amines) is 1. The average molecular weight is 249 g/mol. The molecule has 0 N–H and O–H groups in total. The van der Waals surface area contributed by atoms with Crippen molar-refractivity contribution >= 4 is 11.8 Å². The molecule has 18 heavy (non-hydrogen) atoms. The molecular weight excluding hydrogens is 226 g/mol. The van der Waals surface area contributed by atoms with Gasteiger partial charge in [-0.05, 0) is 12.3 Å². The lowest BCUT2D eigenvalue weighted by Gasteiger charge is -2.21. The van der Waals surface area contributed by atoms with Gasteiger partial charge in [0.25, 0.3) is 0 Å². The van der Waals surface area contributed by atoms with Crippen LogP contribution in [0.3, 0.4) is 0 Å². The molecule has 0 aromatic rings. The van der Waals surface area contributed by atoms with Crippen LogP contribution >= 0.6 is 0 Å². The molecule has 1 heterocycles. The molecule has 1 fully saturated rings. The molecule has 0 radical (unpaired) electrons. The quantitative estimate of drug-likeness (QED) is 0.536. The van der Waals surface area contributed by atoms with Gasteiger partial charge in [0.1, 0.15) is 0 Å². The summed E-state index contributed by atoms with van der Waals surface area (Å²) in [7, 11) is 0. The highest BCUT2D eigenvalue weighted by molar-refractivity contribution is 6.05. The number of amides is 2. The predicted octanol–water partition coefficient (Wildman–Crippen LogP) is 2.62. The second-order valence-electron chi connectivity index (χ2n) is 5.63. The van der Waals surface area contributed by atoms with Crippen molar-refractivity contribution in [2.45, 2.75) is 40.0 Å². The first-order valence-electron chi connectivity index (χ1n) is 7.13. The Morgan fingerprint density at radius 2 is 1.89 bits per heavy atom. The van der Waals surface area contributed by atoms with Crippen molar-refractivity contribution in [1.29, 1.82) is 0 Å². The third-order valence-corrected chi connectivity index (χ3v) is 4.29. The van der Waals surface area contributed by atoms with E-state index in [0.717, 1.165) is 19.3 Å². The van der Waals surface area contributed by atoms with Crippen molar-refractivity contribution in [3.8, 4) is 0 Å². The van der Waals surface area contributed by atoms with Crippen LogP contribution in [0.25, 0.3) is 0 Å². The van der Waals surface area contributed by atoms with Gasteiger partial charge >= 0.3 is 0 Å². The maximum Gasteiger partial charge on any atom is 0.234 e. The molecule has 0 aromatic carbocycles. The summed E-state index contributed by atoms with van der Waals surface area (Å²) in [5, 5.41) is 0. The standard InChI is InChI=1S/C15H23NO2/c1-4-6-11(5-2)9-16-14(17)10(3)13(15(16)18)12-7-8-12/h7-8,10-13H,4-6,9H2,1-3H3. The van der Waals surface area contributed by atoms with E-state index in [4.69, 9.17) is 0 Å². The van der Waals surface area contributed by atoms with Crippen LogP contribution in [0.15, 0.2) is 12.2 Å². The number of hydrogen-bond acceptors (Lipinski definition) is 2. The Morgan fingerprint density at radius 1 is 1.22 bits per heavy atom. The van der Waals surface area contributed by atoms with E-state index in [9.17, 15) is 9.59 Å². The maximum atomic E-state index is 12.3. The summed E-state index contributed by atoms with van der Waals surface area (Å²) in [4.78, 5) is 26.0. The van der Waals surface area contributed by atoms with Crippen molar-refractivity contribution in [2.75, 3.05) is 6.54 Å². The zero-order valence-electron chi connectivity index (χ0n) is 11.6. The number of carbonyl (C=O) groups excluding carboxylic acids is 2. The van der Waals surface area contributed by atoms with Gasteiger partial charge in [-0.25, -0.2) is 0 Å². The molecule has 0 saturated carbocycles. The van der Waals surface area contributed by atoms with E-state index in [1.54, 1.807) is 0 Å². The Kier molecular flexibility index (Phi) is 3.88. The number of nitrogens with zero attached hydrogens (tertiary/aromatic N) is 1. The van der Waals surface area contributed by atoms with E-state index in [2.05, 4.69) is 13.8 Å². The van der Waals surface area contributed by atoms with E-state index in [0.29, 0.717) is 12.5 Å². The largest absolute Gasteiger partial charge is 0.282 e. The Balaban J connectivity index is 2.03. The predicted molar refractivity (Wildman–Crippen MR) is 70.7 cm³/mol. The van der Waals surface area contributed by atoms with E-state index in [1.807, 2.05) is 19.1 Å². The smallest absolute Gasteiger partial charge is 0.234 e. The van der Waals surface area contributed by atoms with Crippen LogP contribution < -0.4 is 0 Å². The fourth-order valence-corrected chi connectivity index (χ4v) is 2.97. The monoisotopic (exact) mass is 249 g/mol. The number of allylic oxidation sites excluding steroid dienone is 2. The minimum Gasteiger partial charge on any atom is -0.282 e. The van der Waals surface area contributed by atoms with E-state index >= 15 is 0 Å². The normalized spacial score (nSPS) is 29.2. The first-order chi connectivity index (χ1) is 8.60. The summed E-state index contributed by atoms with van der Waals surface area (Å²) in [6.45, 7) is 6.80. The van der Waals surface area contributed by atoms with Gasteiger partial charge in [0.05, 0.1) is 5.92 Å². The molecule has 100 valence electrons. The molecule has 2 amide bonds. The van der Waals surface area contributed by atoms with Gasteiger partial charge in [-0.2, -0.15) is 0 Å². The van der Waals surface area contributed by atoms with Crippen molar-refractivity contribution in [2.24, 2.45) is 23.7 Å². The summed E-state index contributed by atoms with van der Waals surface area (Å²) in [5.41, 5.74) is 0. The van der Waals surface area contributed by atoms with E-state index in [1.165, 1.54) is 4.90 Å². The Labute approximate surface area is 109 Å². The van der Waals surface area contributed by atoms with Crippen LogP contribution in [-0.2, 0) is 9.59 Å². The Bertz CT molecular complexity index is 369. The van der Waals surface area contributed by atoms with Crippen LogP contribution in [0, 0.1) is 23.7 Å². The molecule has 0 spiro atoms. The fraction of sp³-hybridized carbons (Fsp3) is 0.733. The molecule has 0 bridgehead atoms.